The maximum atomic E-state index is 5.53. The van der Waals surface area contributed by atoms with Crippen molar-refractivity contribution in [3.8, 4) is 0 Å². The highest BCUT2D eigenvalue weighted by Gasteiger charge is 2.04. The summed E-state index contributed by atoms with van der Waals surface area (Å²) in [4.78, 5) is 4.72. The van der Waals surface area contributed by atoms with Gasteiger partial charge < -0.3 is 5.73 Å². The zero-order valence-electron chi connectivity index (χ0n) is 9.96. The third-order valence-corrected chi connectivity index (χ3v) is 2.94. The van der Waals surface area contributed by atoms with Crippen molar-refractivity contribution in [3.05, 3.63) is 41.1 Å². The highest BCUT2D eigenvalue weighted by Crippen LogP contribution is 2.21. The third kappa shape index (κ3) is 2.07. The number of aryl methyl sites for hydroxylation is 3. The normalized spacial score (nSPS) is 10.9. The number of rotatable bonds is 3. The predicted octanol–water partition coefficient (Wildman–Crippen LogP) is 2.74. The lowest BCUT2D eigenvalue weighted by Crippen LogP contribution is -2.02. The third-order valence-electron chi connectivity index (χ3n) is 2.94. The molecule has 0 saturated heterocycles. The fraction of sp³-hybridized carbons (Fsp3) is 0.357. The van der Waals surface area contributed by atoms with Crippen molar-refractivity contribution in [1.29, 1.82) is 0 Å². The van der Waals surface area contributed by atoms with Gasteiger partial charge in [-0.2, -0.15) is 0 Å². The zero-order valence-corrected chi connectivity index (χ0v) is 9.96. The van der Waals surface area contributed by atoms with Crippen LogP contribution in [0.15, 0.2) is 24.3 Å². The number of hydrogen-bond acceptors (Lipinski definition) is 2. The summed E-state index contributed by atoms with van der Waals surface area (Å²) in [5.41, 5.74) is 10.4. The molecule has 1 heterocycles. The Kier molecular flexibility index (Phi) is 3.20. The Morgan fingerprint density at radius 1 is 1.19 bits per heavy atom. The highest BCUT2D eigenvalue weighted by molar-refractivity contribution is 5.84. The van der Waals surface area contributed by atoms with Gasteiger partial charge in [0, 0.05) is 11.1 Å². The molecule has 0 aliphatic rings. The van der Waals surface area contributed by atoms with E-state index >= 15 is 0 Å². The standard InChI is InChI=1S/C14H18N2/c1-10-5-3-7-13-11(2)9-12(6-4-8-15)16-14(10)13/h3,5,7,9H,4,6,8,15H2,1-2H3. The summed E-state index contributed by atoms with van der Waals surface area (Å²) in [5.74, 6) is 0. The first-order valence-corrected chi connectivity index (χ1v) is 5.78. The summed E-state index contributed by atoms with van der Waals surface area (Å²) in [5, 5.41) is 1.26. The molecule has 0 fully saturated rings. The molecule has 0 radical (unpaired) electrons. The highest BCUT2D eigenvalue weighted by atomic mass is 14.7. The van der Waals surface area contributed by atoms with Gasteiger partial charge in [0.2, 0.25) is 0 Å². The molecule has 0 aliphatic carbocycles. The van der Waals surface area contributed by atoms with Crippen LogP contribution in [0.2, 0.25) is 0 Å². The Hall–Kier alpha value is -1.41. The number of nitrogens with zero attached hydrogens (tertiary/aromatic N) is 1. The monoisotopic (exact) mass is 214 g/mol. The van der Waals surface area contributed by atoms with Gasteiger partial charge in [-0.3, -0.25) is 4.98 Å². The molecule has 1 aromatic heterocycles. The van der Waals surface area contributed by atoms with E-state index in [0.29, 0.717) is 0 Å². The smallest absolute Gasteiger partial charge is 0.0737 e. The second-order valence-electron chi connectivity index (χ2n) is 4.29. The molecule has 0 spiro atoms. The first-order valence-electron chi connectivity index (χ1n) is 5.78. The van der Waals surface area contributed by atoms with Gasteiger partial charge in [0.25, 0.3) is 0 Å². The predicted molar refractivity (Wildman–Crippen MR) is 68.6 cm³/mol. The van der Waals surface area contributed by atoms with Crippen molar-refractivity contribution in [2.45, 2.75) is 26.7 Å². The van der Waals surface area contributed by atoms with E-state index in [1.54, 1.807) is 0 Å². The van der Waals surface area contributed by atoms with Crippen LogP contribution in [-0.2, 0) is 6.42 Å². The molecular weight excluding hydrogens is 196 g/mol. The number of nitrogens with two attached hydrogens (primary N) is 1. The van der Waals surface area contributed by atoms with Crippen LogP contribution in [0.1, 0.15) is 23.2 Å². The molecule has 2 nitrogen and oxygen atoms in total. The van der Waals surface area contributed by atoms with Gasteiger partial charge in [-0.1, -0.05) is 18.2 Å². The molecule has 2 N–H and O–H groups in total. The van der Waals surface area contributed by atoms with Crippen LogP contribution in [0.3, 0.4) is 0 Å². The number of para-hydroxylation sites is 1. The van der Waals surface area contributed by atoms with Crippen LogP contribution in [-0.4, -0.2) is 11.5 Å². The number of hydrogen-bond donors (Lipinski definition) is 1. The van der Waals surface area contributed by atoms with E-state index < -0.39 is 0 Å². The lowest BCUT2D eigenvalue weighted by molar-refractivity contribution is 0.813. The van der Waals surface area contributed by atoms with Crippen LogP contribution < -0.4 is 5.73 Å². The van der Waals surface area contributed by atoms with Crippen molar-refractivity contribution in [2.75, 3.05) is 6.54 Å². The molecular formula is C14H18N2. The fourth-order valence-electron chi connectivity index (χ4n) is 2.04. The Morgan fingerprint density at radius 2 is 2.00 bits per heavy atom. The molecule has 2 aromatic rings. The van der Waals surface area contributed by atoms with Crippen LogP contribution in [0.5, 0.6) is 0 Å². The van der Waals surface area contributed by atoms with Gasteiger partial charge in [-0.05, 0) is 50.4 Å². The maximum Gasteiger partial charge on any atom is 0.0737 e. The molecule has 0 aliphatic heterocycles. The quantitative estimate of drug-likeness (QED) is 0.853. The Morgan fingerprint density at radius 3 is 2.75 bits per heavy atom. The van der Waals surface area contributed by atoms with E-state index in [2.05, 4.69) is 38.1 Å². The second-order valence-corrected chi connectivity index (χ2v) is 4.29. The van der Waals surface area contributed by atoms with Gasteiger partial charge in [0.15, 0.2) is 0 Å². The lowest BCUT2D eigenvalue weighted by atomic mass is 10.0. The SMILES string of the molecule is Cc1cc(CCCN)nc2c(C)cccc12. The molecule has 2 rings (SSSR count). The molecule has 0 unspecified atom stereocenters. The van der Waals surface area contributed by atoms with E-state index in [0.717, 1.165) is 30.6 Å². The van der Waals surface area contributed by atoms with Crippen molar-refractivity contribution < 1.29 is 0 Å². The molecule has 0 bridgehead atoms. The number of benzene rings is 1. The number of fused-ring (bicyclic) bond motifs is 1. The first kappa shape index (κ1) is 11.1. The lowest BCUT2D eigenvalue weighted by Gasteiger charge is -2.08. The van der Waals surface area contributed by atoms with Crippen LogP contribution in [0, 0.1) is 13.8 Å². The van der Waals surface area contributed by atoms with Gasteiger partial charge >= 0.3 is 0 Å². The summed E-state index contributed by atoms with van der Waals surface area (Å²) in [7, 11) is 0. The van der Waals surface area contributed by atoms with Crippen LogP contribution in [0.25, 0.3) is 10.9 Å². The molecule has 1 aromatic carbocycles. The molecule has 2 heteroatoms. The average Bonchev–Trinajstić information content (AvgIpc) is 2.28. The van der Waals surface area contributed by atoms with Crippen molar-refractivity contribution >= 4 is 10.9 Å². The minimum absolute atomic E-state index is 0.729. The van der Waals surface area contributed by atoms with Crippen LogP contribution in [0.4, 0.5) is 0 Å². The fourth-order valence-corrected chi connectivity index (χ4v) is 2.04. The van der Waals surface area contributed by atoms with Gasteiger partial charge in [0.05, 0.1) is 5.52 Å². The Balaban J connectivity index is 2.52. The summed E-state index contributed by atoms with van der Waals surface area (Å²) in [6.07, 6.45) is 1.98. The average molecular weight is 214 g/mol. The van der Waals surface area contributed by atoms with E-state index in [1.807, 2.05) is 0 Å². The summed E-state index contributed by atoms with van der Waals surface area (Å²) < 4.78 is 0. The van der Waals surface area contributed by atoms with E-state index in [1.165, 1.54) is 16.5 Å². The Labute approximate surface area is 96.5 Å². The van der Waals surface area contributed by atoms with Crippen molar-refractivity contribution in [3.63, 3.8) is 0 Å². The maximum absolute atomic E-state index is 5.53. The topological polar surface area (TPSA) is 38.9 Å². The summed E-state index contributed by atoms with van der Waals surface area (Å²) in [6, 6.07) is 8.52. The molecule has 84 valence electrons. The van der Waals surface area contributed by atoms with Crippen LogP contribution >= 0.6 is 0 Å². The van der Waals surface area contributed by atoms with E-state index in [-0.39, 0.29) is 0 Å². The minimum atomic E-state index is 0.729. The largest absolute Gasteiger partial charge is 0.330 e. The van der Waals surface area contributed by atoms with Gasteiger partial charge in [-0.25, -0.2) is 0 Å². The van der Waals surface area contributed by atoms with Crippen molar-refractivity contribution in [1.82, 2.24) is 4.98 Å². The minimum Gasteiger partial charge on any atom is -0.330 e. The second kappa shape index (κ2) is 4.62. The summed E-state index contributed by atoms with van der Waals surface area (Å²) in [6.45, 7) is 4.99. The van der Waals surface area contributed by atoms with E-state index in [9.17, 15) is 0 Å². The van der Waals surface area contributed by atoms with E-state index in [4.69, 9.17) is 10.7 Å². The zero-order chi connectivity index (χ0) is 11.5. The number of aromatic nitrogens is 1. The molecule has 0 amide bonds. The Bertz CT molecular complexity index is 503. The first-order chi connectivity index (χ1) is 7.72. The van der Waals surface area contributed by atoms with Crippen molar-refractivity contribution in [2.24, 2.45) is 5.73 Å². The molecule has 0 atom stereocenters. The molecule has 0 saturated carbocycles. The van der Waals surface area contributed by atoms with Gasteiger partial charge in [-0.15, -0.1) is 0 Å². The van der Waals surface area contributed by atoms with Gasteiger partial charge in [0.1, 0.15) is 0 Å². The summed E-state index contributed by atoms with van der Waals surface area (Å²) >= 11 is 0. The molecule has 16 heavy (non-hydrogen) atoms. The number of pyridine rings is 1.